The Hall–Kier alpha value is -1.49. The van der Waals surface area contributed by atoms with Gasteiger partial charge in [0.05, 0.1) is 5.69 Å². The number of aromatic nitrogens is 4. The molecule has 0 fully saturated rings. The summed E-state index contributed by atoms with van der Waals surface area (Å²) < 4.78 is 2.40. The van der Waals surface area contributed by atoms with Gasteiger partial charge >= 0.3 is 0 Å². The Bertz CT molecular complexity index is 595. The molecule has 0 amide bonds. The maximum atomic E-state index is 5.21. The molecular weight excluding hydrogens is 220 g/mol. The number of aromatic amines is 1. The van der Waals surface area contributed by atoms with Crippen LogP contribution in [0.4, 0.5) is 0 Å². The van der Waals surface area contributed by atoms with Crippen LogP contribution in [0.5, 0.6) is 0 Å². The molecule has 0 radical (unpaired) electrons. The van der Waals surface area contributed by atoms with Gasteiger partial charge in [0.15, 0.2) is 0 Å². The van der Waals surface area contributed by atoms with Gasteiger partial charge < -0.3 is 4.98 Å². The molecule has 0 saturated carbocycles. The number of H-pyrrole nitrogens is 1. The van der Waals surface area contributed by atoms with Crippen molar-refractivity contribution in [2.75, 3.05) is 0 Å². The van der Waals surface area contributed by atoms with Crippen molar-refractivity contribution in [1.82, 2.24) is 19.7 Å². The van der Waals surface area contributed by atoms with E-state index < -0.39 is 0 Å². The molecule has 0 aliphatic heterocycles. The SMILES string of the molecule is Cc1cc(C)n(-c2nc(=S)c(C)c(C)[nH]2)n1. The minimum absolute atomic E-state index is 0.624. The number of hydrogen-bond donors (Lipinski definition) is 1. The van der Waals surface area contributed by atoms with Crippen LogP contribution < -0.4 is 0 Å². The van der Waals surface area contributed by atoms with E-state index in [1.807, 2.05) is 33.8 Å². The van der Waals surface area contributed by atoms with Crippen molar-refractivity contribution in [1.29, 1.82) is 0 Å². The smallest absolute Gasteiger partial charge is 0.229 e. The average Bonchev–Trinajstić information content (AvgIpc) is 2.53. The average molecular weight is 234 g/mol. The van der Waals surface area contributed by atoms with Crippen LogP contribution in [0.1, 0.15) is 22.6 Å². The Balaban J connectivity index is 2.66. The van der Waals surface area contributed by atoms with E-state index in [2.05, 4.69) is 15.1 Å². The Kier molecular flexibility index (Phi) is 2.63. The summed E-state index contributed by atoms with van der Waals surface area (Å²) in [7, 11) is 0. The first-order chi connectivity index (χ1) is 7.49. The minimum atomic E-state index is 0.624. The van der Waals surface area contributed by atoms with Gasteiger partial charge in [0.1, 0.15) is 4.64 Å². The summed E-state index contributed by atoms with van der Waals surface area (Å²) in [5, 5.41) is 4.37. The zero-order chi connectivity index (χ0) is 11.9. The van der Waals surface area contributed by atoms with Gasteiger partial charge in [0.2, 0.25) is 5.95 Å². The first kappa shape index (κ1) is 11.0. The monoisotopic (exact) mass is 234 g/mol. The van der Waals surface area contributed by atoms with Crippen LogP contribution in [0.25, 0.3) is 5.95 Å². The quantitative estimate of drug-likeness (QED) is 0.771. The molecule has 2 heterocycles. The first-order valence-corrected chi connectivity index (χ1v) is 5.51. The zero-order valence-electron chi connectivity index (χ0n) is 9.83. The van der Waals surface area contributed by atoms with Crippen molar-refractivity contribution in [2.24, 2.45) is 0 Å². The highest BCUT2D eigenvalue weighted by molar-refractivity contribution is 7.71. The second-order valence-electron chi connectivity index (χ2n) is 3.95. The van der Waals surface area contributed by atoms with E-state index >= 15 is 0 Å². The highest BCUT2D eigenvalue weighted by atomic mass is 32.1. The molecule has 2 aromatic rings. The lowest BCUT2D eigenvalue weighted by atomic mass is 10.3. The molecule has 0 saturated heterocycles. The topological polar surface area (TPSA) is 46.5 Å². The summed E-state index contributed by atoms with van der Waals surface area (Å²) in [6.45, 7) is 7.90. The summed E-state index contributed by atoms with van der Waals surface area (Å²) in [6.07, 6.45) is 0. The Morgan fingerprint density at radius 3 is 2.44 bits per heavy atom. The second kappa shape index (κ2) is 3.83. The molecule has 2 aromatic heterocycles. The van der Waals surface area contributed by atoms with Gasteiger partial charge in [-0.2, -0.15) is 5.10 Å². The van der Waals surface area contributed by atoms with Gasteiger partial charge in [0, 0.05) is 17.0 Å². The van der Waals surface area contributed by atoms with Crippen LogP contribution in [0.15, 0.2) is 6.07 Å². The number of nitrogens with one attached hydrogen (secondary N) is 1. The number of aryl methyl sites for hydroxylation is 3. The fourth-order valence-electron chi connectivity index (χ4n) is 1.57. The van der Waals surface area contributed by atoms with Crippen molar-refractivity contribution in [3.05, 3.63) is 33.4 Å². The summed E-state index contributed by atoms with van der Waals surface area (Å²) >= 11 is 5.21. The van der Waals surface area contributed by atoms with E-state index in [0.717, 1.165) is 22.6 Å². The third kappa shape index (κ3) is 1.78. The van der Waals surface area contributed by atoms with Crippen LogP contribution in [0.2, 0.25) is 0 Å². The van der Waals surface area contributed by atoms with Gasteiger partial charge in [0.25, 0.3) is 0 Å². The van der Waals surface area contributed by atoms with Gasteiger partial charge in [-0.1, -0.05) is 12.2 Å². The largest absolute Gasteiger partial charge is 0.328 e. The molecule has 1 N–H and O–H groups in total. The fraction of sp³-hybridized carbons (Fsp3) is 0.364. The highest BCUT2D eigenvalue weighted by Gasteiger charge is 2.07. The maximum Gasteiger partial charge on any atom is 0.229 e. The Morgan fingerprint density at radius 1 is 1.25 bits per heavy atom. The van der Waals surface area contributed by atoms with E-state index in [1.54, 1.807) is 4.68 Å². The van der Waals surface area contributed by atoms with Crippen LogP contribution in [0.3, 0.4) is 0 Å². The summed E-state index contributed by atoms with van der Waals surface area (Å²) in [4.78, 5) is 7.55. The van der Waals surface area contributed by atoms with E-state index in [-0.39, 0.29) is 0 Å². The van der Waals surface area contributed by atoms with Crippen LogP contribution in [-0.4, -0.2) is 19.7 Å². The molecule has 0 aromatic carbocycles. The highest BCUT2D eigenvalue weighted by Crippen LogP contribution is 2.11. The molecule has 4 nitrogen and oxygen atoms in total. The van der Waals surface area contributed by atoms with Gasteiger partial charge in [-0.15, -0.1) is 0 Å². The molecule has 16 heavy (non-hydrogen) atoms. The molecular formula is C11H14N4S. The Morgan fingerprint density at radius 2 is 1.94 bits per heavy atom. The van der Waals surface area contributed by atoms with Crippen molar-refractivity contribution < 1.29 is 0 Å². The summed E-state index contributed by atoms with van der Waals surface area (Å²) in [5.74, 6) is 0.679. The predicted octanol–water partition coefficient (Wildman–Crippen LogP) is 2.56. The lowest BCUT2D eigenvalue weighted by Crippen LogP contribution is -2.07. The molecule has 0 spiro atoms. The van der Waals surface area contributed by atoms with Crippen molar-refractivity contribution in [3.63, 3.8) is 0 Å². The minimum Gasteiger partial charge on any atom is -0.328 e. The number of nitrogens with zero attached hydrogens (tertiary/aromatic N) is 3. The fourth-order valence-corrected chi connectivity index (χ4v) is 1.81. The number of hydrogen-bond acceptors (Lipinski definition) is 3. The molecule has 0 atom stereocenters. The summed E-state index contributed by atoms with van der Waals surface area (Å²) in [6, 6.07) is 2.01. The van der Waals surface area contributed by atoms with Crippen molar-refractivity contribution >= 4 is 12.2 Å². The molecule has 0 unspecified atom stereocenters. The van der Waals surface area contributed by atoms with Crippen LogP contribution in [-0.2, 0) is 0 Å². The van der Waals surface area contributed by atoms with Gasteiger partial charge in [-0.3, -0.25) is 0 Å². The molecule has 84 valence electrons. The van der Waals surface area contributed by atoms with Crippen molar-refractivity contribution in [3.8, 4) is 5.95 Å². The van der Waals surface area contributed by atoms with E-state index in [0.29, 0.717) is 10.6 Å². The maximum absolute atomic E-state index is 5.21. The standard InChI is InChI=1S/C11H14N4S/c1-6-5-7(2)15(14-6)11-12-9(4)8(3)10(16)13-11/h5H,1-4H3,(H,12,13,16). The molecule has 2 rings (SSSR count). The van der Waals surface area contributed by atoms with E-state index in [4.69, 9.17) is 12.2 Å². The normalized spacial score (nSPS) is 10.8. The third-order valence-corrected chi connectivity index (χ3v) is 3.00. The third-order valence-electron chi connectivity index (χ3n) is 2.60. The molecule has 0 aliphatic rings. The van der Waals surface area contributed by atoms with Gasteiger partial charge in [-0.05, 0) is 33.8 Å². The second-order valence-corrected chi connectivity index (χ2v) is 4.34. The molecule has 0 bridgehead atoms. The Labute approximate surface area is 99.4 Å². The molecule has 0 aliphatic carbocycles. The lowest BCUT2D eigenvalue weighted by molar-refractivity contribution is 0.763. The van der Waals surface area contributed by atoms with Crippen molar-refractivity contribution in [2.45, 2.75) is 27.7 Å². The first-order valence-electron chi connectivity index (χ1n) is 5.10. The number of rotatable bonds is 1. The zero-order valence-corrected chi connectivity index (χ0v) is 10.6. The molecule has 5 heteroatoms. The summed E-state index contributed by atoms with van der Waals surface area (Å²) in [5.41, 5.74) is 4.05. The lowest BCUT2D eigenvalue weighted by Gasteiger charge is -2.06. The van der Waals surface area contributed by atoms with Gasteiger partial charge in [-0.25, -0.2) is 9.67 Å². The van der Waals surface area contributed by atoms with Crippen LogP contribution in [0, 0.1) is 32.3 Å². The van der Waals surface area contributed by atoms with Crippen LogP contribution >= 0.6 is 12.2 Å². The predicted molar refractivity (Wildman–Crippen MR) is 65.5 cm³/mol. The van der Waals surface area contributed by atoms with E-state index in [1.165, 1.54) is 0 Å². The van der Waals surface area contributed by atoms with E-state index in [9.17, 15) is 0 Å².